The zero-order chi connectivity index (χ0) is 21.5. The number of nitrogens with two attached hydrogens (primary N) is 1. The number of aromatic nitrogens is 1. The minimum Gasteiger partial charge on any atom is -0.474 e. The number of carbonyl (C=O) groups is 3. The summed E-state index contributed by atoms with van der Waals surface area (Å²) in [6.07, 6.45) is 7.68. The minimum atomic E-state index is -0.558. The predicted molar refractivity (Wildman–Crippen MR) is 110 cm³/mol. The highest BCUT2D eigenvalue weighted by atomic mass is 16.5. The molecular formula is C22H30N4O4. The molecule has 2 unspecified atom stereocenters. The van der Waals surface area contributed by atoms with Crippen molar-refractivity contribution in [3.05, 3.63) is 23.9 Å². The van der Waals surface area contributed by atoms with Gasteiger partial charge in [0.05, 0.1) is 0 Å². The van der Waals surface area contributed by atoms with Crippen LogP contribution >= 0.6 is 0 Å². The predicted octanol–water partition coefficient (Wildman–Crippen LogP) is 2.62. The molecule has 1 saturated heterocycles. The highest BCUT2D eigenvalue weighted by Gasteiger charge is 2.58. The smallest absolute Gasteiger partial charge is 0.325 e. The number of pyridine rings is 1. The van der Waals surface area contributed by atoms with E-state index >= 15 is 0 Å². The zero-order valence-electron chi connectivity index (χ0n) is 17.6. The maximum Gasteiger partial charge on any atom is 0.325 e. The molecule has 2 aliphatic carbocycles. The van der Waals surface area contributed by atoms with Crippen LogP contribution in [0.5, 0.6) is 5.88 Å². The van der Waals surface area contributed by atoms with Crippen molar-refractivity contribution in [2.45, 2.75) is 77.0 Å². The fourth-order valence-corrected chi connectivity index (χ4v) is 5.34. The molecule has 30 heavy (non-hydrogen) atoms. The molecule has 162 valence electrons. The van der Waals surface area contributed by atoms with Gasteiger partial charge in [0.1, 0.15) is 17.7 Å². The summed E-state index contributed by atoms with van der Waals surface area (Å²) in [5.41, 5.74) is 5.78. The SMILES string of the molecule is CCCC(C)CC1NC(=O)N(C2CC3(CC(Oc4ncccc4C(N)=O)C3)C2)C1=O. The highest BCUT2D eigenvalue weighted by Crippen LogP contribution is 2.58. The second kappa shape index (κ2) is 7.89. The molecular weight excluding hydrogens is 384 g/mol. The van der Waals surface area contributed by atoms with E-state index in [2.05, 4.69) is 24.1 Å². The number of primary amides is 1. The van der Waals surface area contributed by atoms with E-state index in [0.717, 1.165) is 38.5 Å². The van der Waals surface area contributed by atoms with Gasteiger partial charge in [0.15, 0.2) is 0 Å². The van der Waals surface area contributed by atoms with Gasteiger partial charge in [0, 0.05) is 12.2 Å². The summed E-state index contributed by atoms with van der Waals surface area (Å²) < 4.78 is 5.89. The van der Waals surface area contributed by atoms with Crippen molar-refractivity contribution in [3.63, 3.8) is 0 Å². The van der Waals surface area contributed by atoms with Gasteiger partial charge in [0.25, 0.3) is 11.8 Å². The fourth-order valence-electron chi connectivity index (χ4n) is 5.34. The van der Waals surface area contributed by atoms with E-state index in [4.69, 9.17) is 10.5 Å². The Bertz CT molecular complexity index is 843. The number of ether oxygens (including phenoxy) is 1. The Labute approximate surface area is 176 Å². The number of imide groups is 1. The van der Waals surface area contributed by atoms with Crippen molar-refractivity contribution in [2.75, 3.05) is 0 Å². The van der Waals surface area contributed by atoms with Crippen molar-refractivity contribution >= 4 is 17.8 Å². The van der Waals surface area contributed by atoms with Crippen molar-refractivity contribution in [2.24, 2.45) is 17.1 Å². The second-order valence-corrected chi connectivity index (χ2v) is 9.27. The Kier molecular flexibility index (Phi) is 5.42. The zero-order valence-corrected chi connectivity index (χ0v) is 17.6. The van der Waals surface area contributed by atoms with E-state index in [9.17, 15) is 14.4 Å². The summed E-state index contributed by atoms with van der Waals surface area (Å²) in [6, 6.07) is 2.60. The van der Waals surface area contributed by atoms with Crippen LogP contribution in [0, 0.1) is 11.3 Å². The lowest BCUT2D eigenvalue weighted by molar-refractivity contribution is -0.141. The Morgan fingerprint density at radius 3 is 2.77 bits per heavy atom. The molecule has 3 aliphatic rings. The molecule has 2 heterocycles. The van der Waals surface area contributed by atoms with Crippen LogP contribution in [0.2, 0.25) is 0 Å². The number of carbonyl (C=O) groups excluding carboxylic acids is 3. The molecule has 1 aliphatic heterocycles. The number of amides is 4. The van der Waals surface area contributed by atoms with E-state index in [1.165, 1.54) is 4.90 Å². The summed E-state index contributed by atoms with van der Waals surface area (Å²) in [7, 11) is 0. The van der Waals surface area contributed by atoms with Gasteiger partial charge in [-0.05, 0) is 55.6 Å². The molecule has 0 bridgehead atoms. The van der Waals surface area contributed by atoms with Crippen molar-refractivity contribution in [3.8, 4) is 5.88 Å². The average Bonchev–Trinajstić information content (AvgIpc) is 2.90. The molecule has 8 heteroatoms. The molecule has 0 aromatic carbocycles. The summed E-state index contributed by atoms with van der Waals surface area (Å²) in [4.78, 5) is 42.3. The Morgan fingerprint density at radius 1 is 1.37 bits per heavy atom. The molecule has 2 atom stereocenters. The van der Waals surface area contributed by atoms with Gasteiger partial charge in [0.2, 0.25) is 5.88 Å². The van der Waals surface area contributed by atoms with Gasteiger partial charge in [-0.1, -0.05) is 26.7 Å². The van der Waals surface area contributed by atoms with Crippen LogP contribution in [0.15, 0.2) is 18.3 Å². The van der Waals surface area contributed by atoms with Crippen molar-refractivity contribution < 1.29 is 19.1 Å². The van der Waals surface area contributed by atoms with Gasteiger partial charge in [-0.15, -0.1) is 0 Å². The highest BCUT2D eigenvalue weighted by molar-refractivity contribution is 6.04. The van der Waals surface area contributed by atoms with Gasteiger partial charge < -0.3 is 15.8 Å². The van der Waals surface area contributed by atoms with Gasteiger partial charge >= 0.3 is 6.03 Å². The van der Waals surface area contributed by atoms with E-state index < -0.39 is 5.91 Å². The molecule has 0 radical (unpaired) electrons. The van der Waals surface area contributed by atoms with E-state index in [1.807, 2.05) is 0 Å². The molecule has 8 nitrogen and oxygen atoms in total. The van der Waals surface area contributed by atoms with Crippen LogP contribution in [0.25, 0.3) is 0 Å². The monoisotopic (exact) mass is 414 g/mol. The third-order valence-corrected chi connectivity index (χ3v) is 6.81. The number of hydrogen-bond donors (Lipinski definition) is 2. The standard InChI is InChI=1S/C22H30N4O4/c1-3-5-13(2)8-17-20(28)26(21(29)25-17)14-9-22(10-14)11-15(12-22)30-19-16(18(23)27)6-4-7-24-19/h4,6-7,13-15,17H,3,5,8-12H2,1-2H3,(H2,23,27)(H,25,29). The number of rotatable bonds is 8. The first-order valence-electron chi connectivity index (χ1n) is 10.9. The van der Waals surface area contributed by atoms with Gasteiger partial charge in [-0.2, -0.15) is 0 Å². The third kappa shape index (κ3) is 3.75. The largest absolute Gasteiger partial charge is 0.474 e. The van der Waals surface area contributed by atoms with E-state index in [1.54, 1.807) is 18.3 Å². The molecule has 4 amide bonds. The van der Waals surface area contributed by atoms with Crippen LogP contribution in [-0.4, -0.2) is 45.9 Å². The molecule has 3 fully saturated rings. The Morgan fingerprint density at radius 2 is 2.10 bits per heavy atom. The molecule has 2 saturated carbocycles. The first-order chi connectivity index (χ1) is 14.3. The quantitative estimate of drug-likeness (QED) is 0.635. The summed E-state index contributed by atoms with van der Waals surface area (Å²) in [6.45, 7) is 4.26. The minimum absolute atomic E-state index is 0.0234. The maximum absolute atomic E-state index is 12.8. The number of urea groups is 1. The Balaban J connectivity index is 1.28. The summed E-state index contributed by atoms with van der Waals surface area (Å²) in [5.74, 6) is 0.0592. The van der Waals surface area contributed by atoms with Gasteiger partial charge in [-0.25, -0.2) is 9.78 Å². The number of nitrogens with zero attached hydrogens (tertiary/aromatic N) is 2. The van der Waals surface area contributed by atoms with Crippen LogP contribution in [0.4, 0.5) is 4.79 Å². The topological polar surface area (TPSA) is 115 Å². The lowest BCUT2D eigenvalue weighted by Gasteiger charge is -2.58. The van der Waals surface area contributed by atoms with E-state index in [0.29, 0.717) is 12.3 Å². The lowest BCUT2D eigenvalue weighted by Crippen LogP contribution is -2.60. The molecule has 1 spiro atoms. The average molecular weight is 415 g/mol. The molecule has 4 rings (SSSR count). The van der Waals surface area contributed by atoms with Gasteiger partial charge in [-0.3, -0.25) is 14.5 Å². The second-order valence-electron chi connectivity index (χ2n) is 9.27. The number of nitrogens with one attached hydrogen (secondary N) is 1. The molecule has 1 aromatic heterocycles. The Hall–Kier alpha value is -2.64. The maximum atomic E-state index is 12.8. The van der Waals surface area contributed by atoms with E-state index in [-0.39, 0.29) is 47.0 Å². The molecule has 1 aromatic rings. The first kappa shape index (κ1) is 20.6. The first-order valence-corrected chi connectivity index (χ1v) is 10.9. The normalized spacial score (nSPS) is 31.1. The number of hydrogen-bond acceptors (Lipinski definition) is 5. The van der Waals surface area contributed by atoms with Crippen LogP contribution < -0.4 is 15.8 Å². The summed E-state index contributed by atoms with van der Waals surface area (Å²) in [5, 5.41) is 2.87. The summed E-state index contributed by atoms with van der Waals surface area (Å²) >= 11 is 0. The fraction of sp³-hybridized carbons (Fsp3) is 0.636. The van der Waals surface area contributed by atoms with Crippen LogP contribution in [-0.2, 0) is 4.79 Å². The van der Waals surface area contributed by atoms with Crippen LogP contribution in [0.3, 0.4) is 0 Å². The third-order valence-electron chi connectivity index (χ3n) is 6.81. The van der Waals surface area contributed by atoms with Crippen molar-refractivity contribution in [1.29, 1.82) is 0 Å². The van der Waals surface area contributed by atoms with Crippen LogP contribution in [0.1, 0.15) is 69.2 Å². The van der Waals surface area contributed by atoms with Crippen molar-refractivity contribution in [1.82, 2.24) is 15.2 Å². The lowest BCUT2D eigenvalue weighted by atomic mass is 9.52. The molecule has 3 N–H and O–H groups in total.